The fourth-order valence-electron chi connectivity index (χ4n) is 3.71. The number of nitrogens with zero attached hydrogens (tertiary/aromatic N) is 3. The third kappa shape index (κ3) is 2.83. The first-order valence-corrected chi connectivity index (χ1v) is 8.80. The number of hydrogen-bond acceptors (Lipinski definition) is 4. The van der Waals surface area contributed by atoms with Crippen molar-refractivity contribution in [3.63, 3.8) is 0 Å². The van der Waals surface area contributed by atoms with E-state index in [1.54, 1.807) is 21.6 Å². The van der Waals surface area contributed by atoms with Gasteiger partial charge in [-0.05, 0) is 30.5 Å². The van der Waals surface area contributed by atoms with Crippen LogP contribution in [0, 0.1) is 5.82 Å². The molecule has 1 N–H and O–H groups in total. The summed E-state index contributed by atoms with van der Waals surface area (Å²) >= 11 is 0. The predicted octanol–water partition coefficient (Wildman–Crippen LogP) is 1.95. The Hall–Kier alpha value is -2.83. The number of benzene rings is 1. The zero-order valence-corrected chi connectivity index (χ0v) is 14.3. The molecule has 7 heteroatoms. The first-order chi connectivity index (χ1) is 12.5. The van der Waals surface area contributed by atoms with Crippen LogP contribution in [0.25, 0.3) is 0 Å². The maximum Gasteiger partial charge on any atom is 0.274 e. The van der Waals surface area contributed by atoms with Crippen LogP contribution in [0.3, 0.4) is 0 Å². The summed E-state index contributed by atoms with van der Waals surface area (Å²) in [6, 6.07) is 7.39. The summed E-state index contributed by atoms with van der Waals surface area (Å²) in [5.41, 5.74) is 0.314. The number of rotatable bonds is 3. The number of carbonyl (C=O) groups excluding carboxylic acids is 1. The molecule has 2 aromatic rings. The highest BCUT2D eigenvalue weighted by atomic mass is 19.1. The zero-order valence-electron chi connectivity index (χ0n) is 14.3. The number of hydrogen-bond donors (Lipinski definition) is 1. The Morgan fingerprint density at radius 1 is 1.00 bits per heavy atom. The second-order valence-electron chi connectivity index (χ2n) is 6.76. The molecule has 3 heterocycles. The van der Waals surface area contributed by atoms with Crippen molar-refractivity contribution in [1.82, 2.24) is 9.47 Å². The molecule has 4 rings (SSSR count). The van der Waals surface area contributed by atoms with E-state index in [4.69, 9.17) is 0 Å². The van der Waals surface area contributed by atoms with Crippen molar-refractivity contribution in [3.8, 4) is 5.75 Å². The van der Waals surface area contributed by atoms with Crippen LogP contribution in [0.15, 0.2) is 35.1 Å². The number of fused-ring (bicyclic) bond motifs is 1. The smallest absolute Gasteiger partial charge is 0.274 e. The topological polar surface area (TPSA) is 65.8 Å². The van der Waals surface area contributed by atoms with Gasteiger partial charge in [0.25, 0.3) is 5.91 Å². The van der Waals surface area contributed by atoms with Crippen molar-refractivity contribution in [1.29, 1.82) is 0 Å². The summed E-state index contributed by atoms with van der Waals surface area (Å²) in [7, 11) is 0. The van der Waals surface area contributed by atoms with Crippen LogP contribution in [-0.4, -0.2) is 40.1 Å². The van der Waals surface area contributed by atoms with Crippen LogP contribution in [0.2, 0.25) is 0 Å². The molecule has 0 spiro atoms. The van der Waals surface area contributed by atoms with Gasteiger partial charge in [-0.1, -0.05) is 12.1 Å². The molecule has 0 radical (unpaired) electrons. The van der Waals surface area contributed by atoms with Crippen molar-refractivity contribution in [2.45, 2.75) is 25.9 Å². The molecule has 0 bridgehead atoms. The van der Waals surface area contributed by atoms with E-state index in [1.807, 2.05) is 0 Å². The third-order valence-electron chi connectivity index (χ3n) is 5.06. The fourth-order valence-corrected chi connectivity index (χ4v) is 3.71. The van der Waals surface area contributed by atoms with Gasteiger partial charge in [0.1, 0.15) is 11.6 Å². The minimum atomic E-state index is -0.532. The van der Waals surface area contributed by atoms with E-state index >= 15 is 0 Å². The summed E-state index contributed by atoms with van der Waals surface area (Å²) in [6.07, 6.45) is 2.10. The maximum absolute atomic E-state index is 13.1. The van der Waals surface area contributed by atoms with Crippen LogP contribution in [0.1, 0.15) is 28.9 Å². The summed E-state index contributed by atoms with van der Waals surface area (Å²) in [5.74, 6) is -0.503. The average molecular weight is 357 g/mol. The Bertz CT molecular complexity index is 901. The van der Waals surface area contributed by atoms with E-state index in [0.29, 0.717) is 25.5 Å². The molecule has 1 aromatic heterocycles. The monoisotopic (exact) mass is 357 g/mol. The average Bonchev–Trinajstić information content (AvgIpc) is 3.16. The van der Waals surface area contributed by atoms with Gasteiger partial charge in [-0.15, -0.1) is 0 Å². The molecule has 0 saturated carbocycles. The maximum atomic E-state index is 13.1. The molecule has 0 atom stereocenters. The van der Waals surface area contributed by atoms with Gasteiger partial charge in [0.2, 0.25) is 5.43 Å². The lowest BCUT2D eigenvalue weighted by molar-refractivity contribution is 0.0684. The summed E-state index contributed by atoms with van der Waals surface area (Å²) in [4.78, 5) is 28.8. The fraction of sp³-hybridized carbons (Fsp3) is 0.368. The Labute approximate surface area is 150 Å². The van der Waals surface area contributed by atoms with Crippen LogP contribution < -0.4 is 10.3 Å². The summed E-state index contributed by atoms with van der Waals surface area (Å²) < 4.78 is 14.8. The second-order valence-corrected chi connectivity index (χ2v) is 6.76. The zero-order chi connectivity index (χ0) is 18.3. The lowest BCUT2D eigenvalue weighted by Crippen LogP contribution is -2.42. The van der Waals surface area contributed by atoms with Crippen molar-refractivity contribution in [2.75, 3.05) is 24.5 Å². The van der Waals surface area contributed by atoms with Crippen LogP contribution in [0.4, 0.5) is 10.2 Å². The van der Waals surface area contributed by atoms with Crippen LogP contribution in [0.5, 0.6) is 5.75 Å². The van der Waals surface area contributed by atoms with Crippen molar-refractivity contribution in [3.05, 3.63) is 57.6 Å². The number of pyridine rings is 1. The molecule has 0 aliphatic carbocycles. The number of aromatic hydroxyl groups is 1. The second kappa shape index (κ2) is 6.48. The van der Waals surface area contributed by atoms with Crippen molar-refractivity contribution in [2.24, 2.45) is 0 Å². The van der Waals surface area contributed by atoms with Crippen molar-refractivity contribution < 1.29 is 14.3 Å². The molecule has 1 fully saturated rings. The summed E-state index contributed by atoms with van der Waals surface area (Å²) in [6.45, 7) is 2.96. The van der Waals surface area contributed by atoms with E-state index in [2.05, 4.69) is 4.90 Å². The largest absolute Gasteiger partial charge is 0.503 e. The molecule has 26 heavy (non-hydrogen) atoms. The molecule has 1 saturated heterocycles. The quantitative estimate of drug-likeness (QED) is 0.912. The highest BCUT2D eigenvalue weighted by Crippen LogP contribution is 2.28. The molecular formula is C19H20FN3O3. The van der Waals surface area contributed by atoms with Gasteiger partial charge in [0, 0.05) is 38.8 Å². The summed E-state index contributed by atoms with van der Waals surface area (Å²) in [5, 5.41) is 10.3. The van der Waals surface area contributed by atoms with Crippen LogP contribution in [-0.2, 0) is 13.1 Å². The van der Waals surface area contributed by atoms with E-state index in [-0.39, 0.29) is 17.4 Å². The van der Waals surface area contributed by atoms with E-state index in [9.17, 15) is 19.1 Å². The Kier molecular flexibility index (Phi) is 4.14. The van der Waals surface area contributed by atoms with Gasteiger partial charge < -0.3 is 19.5 Å². The Morgan fingerprint density at radius 2 is 1.69 bits per heavy atom. The normalized spacial score (nSPS) is 16.9. The standard InChI is InChI=1S/C19H20FN3O3/c20-14-5-3-13(4-6-14)12-22-9-10-23-16(21-7-1-2-8-21)11-15(24)18(25)17(23)19(22)26/h3-6,11,25H,1-2,7-10,12H2. The first-order valence-electron chi connectivity index (χ1n) is 8.80. The van der Waals surface area contributed by atoms with Gasteiger partial charge in [-0.2, -0.15) is 0 Å². The van der Waals surface area contributed by atoms with Gasteiger partial charge in [0.15, 0.2) is 11.4 Å². The number of halogens is 1. The molecule has 1 aromatic carbocycles. The van der Waals surface area contributed by atoms with Gasteiger partial charge in [0.05, 0.1) is 0 Å². The Balaban J connectivity index is 1.69. The SMILES string of the molecule is O=C1c2c(O)c(=O)cc(N3CCCC3)n2CCN1Cc1ccc(F)cc1. The van der Waals surface area contributed by atoms with Crippen LogP contribution >= 0.6 is 0 Å². The molecule has 2 aliphatic rings. The van der Waals surface area contributed by atoms with Gasteiger partial charge >= 0.3 is 0 Å². The van der Waals surface area contributed by atoms with E-state index < -0.39 is 11.2 Å². The van der Waals surface area contributed by atoms with E-state index in [1.165, 1.54) is 18.2 Å². The first kappa shape index (κ1) is 16.6. The van der Waals surface area contributed by atoms with Gasteiger partial charge in [-0.25, -0.2) is 4.39 Å². The van der Waals surface area contributed by atoms with Crippen molar-refractivity contribution >= 4 is 11.7 Å². The minimum absolute atomic E-state index is 0.0489. The Morgan fingerprint density at radius 3 is 2.38 bits per heavy atom. The van der Waals surface area contributed by atoms with E-state index in [0.717, 1.165) is 31.5 Å². The number of carbonyl (C=O) groups is 1. The molecule has 136 valence electrons. The third-order valence-corrected chi connectivity index (χ3v) is 5.06. The van der Waals surface area contributed by atoms with Gasteiger partial charge in [-0.3, -0.25) is 9.59 Å². The lowest BCUT2D eigenvalue weighted by Gasteiger charge is -2.33. The lowest BCUT2D eigenvalue weighted by atomic mass is 10.1. The molecular weight excluding hydrogens is 337 g/mol. The molecule has 2 aliphatic heterocycles. The molecule has 1 amide bonds. The highest BCUT2D eigenvalue weighted by Gasteiger charge is 2.31. The highest BCUT2D eigenvalue weighted by molar-refractivity contribution is 5.96. The number of aromatic nitrogens is 1. The molecule has 0 unspecified atom stereocenters. The minimum Gasteiger partial charge on any atom is -0.503 e. The number of amides is 1. The predicted molar refractivity (Wildman–Crippen MR) is 95.0 cm³/mol. The number of anilines is 1. The molecule has 6 nitrogen and oxygen atoms in total.